The summed E-state index contributed by atoms with van der Waals surface area (Å²) in [6, 6.07) is 11.6. The third-order valence-corrected chi connectivity index (χ3v) is 11.6. The van der Waals surface area contributed by atoms with Crippen LogP contribution < -0.4 is 15.7 Å². The Balaban J connectivity index is 1.25. The second kappa shape index (κ2) is 9.19. The number of thiazole rings is 1. The van der Waals surface area contributed by atoms with Crippen LogP contribution in [0, 0.1) is 5.82 Å². The van der Waals surface area contributed by atoms with Crippen LogP contribution in [0.25, 0.3) is 22.2 Å². The fraction of sp³-hybridized carbons (Fsp3) is 0.485. The Morgan fingerprint density at radius 2 is 1.43 bits per heavy atom. The van der Waals surface area contributed by atoms with E-state index in [4.69, 9.17) is 28.3 Å². The van der Waals surface area contributed by atoms with Crippen molar-refractivity contribution in [1.82, 2.24) is 9.55 Å². The zero-order valence-electron chi connectivity index (χ0n) is 26.5. The van der Waals surface area contributed by atoms with E-state index in [1.165, 1.54) is 18.9 Å². The van der Waals surface area contributed by atoms with Gasteiger partial charge in [-0.3, -0.25) is 4.57 Å². The fourth-order valence-electron chi connectivity index (χ4n) is 6.18. The normalized spacial score (nSPS) is 24.4. The number of hydrogen-bond acceptors (Lipinski definition) is 7. The largest absolute Gasteiger partial charge is 0.495 e. The van der Waals surface area contributed by atoms with Crippen molar-refractivity contribution in [2.75, 3.05) is 0 Å². The summed E-state index contributed by atoms with van der Waals surface area (Å²) in [4.78, 5) is 5.73. The molecule has 2 aromatic heterocycles. The SMILES string of the molecule is CC1(C)OB(c2cc(F)c3c(c2)O[C@@H](c2cnc(C4CC4)s2)n2c-3cc3cc(B4OC(C)(C)C(C)(C)O4)ccc32)OC1(C)C. The number of halogens is 1. The molecule has 4 aliphatic rings. The van der Waals surface area contributed by atoms with E-state index in [1.807, 2.05) is 79.8 Å². The Morgan fingerprint density at radius 3 is 2.05 bits per heavy atom. The zero-order chi connectivity index (χ0) is 31.0. The van der Waals surface area contributed by atoms with Crippen LogP contribution >= 0.6 is 11.3 Å². The smallest absolute Gasteiger partial charge is 0.464 e. The Labute approximate surface area is 262 Å². The van der Waals surface area contributed by atoms with Gasteiger partial charge < -0.3 is 23.4 Å². The highest BCUT2D eigenvalue weighted by Gasteiger charge is 2.53. The number of nitrogens with zero attached hydrogens (tertiary/aromatic N) is 2. The molecule has 5 heterocycles. The van der Waals surface area contributed by atoms with Crippen molar-refractivity contribution in [3.05, 3.63) is 58.3 Å². The predicted octanol–water partition coefficient (Wildman–Crippen LogP) is 6.32. The average molecular weight is 614 g/mol. The Hall–Kier alpha value is -2.69. The molecule has 0 radical (unpaired) electrons. The summed E-state index contributed by atoms with van der Waals surface area (Å²) in [5.41, 5.74) is 1.62. The first-order valence-corrected chi connectivity index (χ1v) is 16.3. The molecule has 2 saturated heterocycles. The highest BCUT2D eigenvalue weighted by atomic mass is 32.1. The molecule has 3 fully saturated rings. The lowest BCUT2D eigenvalue weighted by molar-refractivity contribution is 0.00578. The van der Waals surface area contributed by atoms with Gasteiger partial charge in [-0.1, -0.05) is 12.1 Å². The zero-order valence-corrected chi connectivity index (χ0v) is 27.3. The molecule has 8 rings (SSSR count). The second-order valence-electron chi connectivity index (χ2n) is 14.6. The van der Waals surface area contributed by atoms with Crippen LogP contribution in [0.4, 0.5) is 4.39 Å². The van der Waals surface area contributed by atoms with E-state index in [-0.39, 0.29) is 5.82 Å². The summed E-state index contributed by atoms with van der Waals surface area (Å²) in [6.07, 6.45) is 3.75. The van der Waals surface area contributed by atoms with Crippen molar-refractivity contribution in [3.63, 3.8) is 0 Å². The van der Waals surface area contributed by atoms with E-state index in [0.29, 0.717) is 22.7 Å². The van der Waals surface area contributed by atoms with Crippen molar-refractivity contribution < 1.29 is 27.7 Å². The summed E-state index contributed by atoms with van der Waals surface area (Å²) >= 11 is 1.68. The lowest BCUT2D eigenvalue weighted by Gasteiger charge is -2.32. The fourth-order valence-corrected chi connectivity index (χ4v) is 7.28. The minimum Gasteiger partial charge on any atom is -0.464 e. The Morgan fingerprint density at radius 1 is 0.818 bits per heavy atom. The maximum Gasteiger partial charge on any atom is 0.495 e. The minimum atomic E-state index is -0.707. The van der Waals surface area contributed by atoms with E-state index in [9.17, 15) is 0 Å². The molecule has 0 amide bonds. The van der Waals surface area contributed by atoms with Gasteiger partial charge in [-0.05, 0) is 103 Å². The van der Waals surface area contributed by atoms with Gasteiger partial charge in [0.1, 0.15) is 11.6 Å². The molecule has 2 aromatic carbocycles. The van der Waals surface area contributed by atoms with Crippen molar-refractivity contribution in [2.45, 2.75) is 103 Å². The van der Waals surface area contributed by atoms with Gasteiger partial charge in [-0.2, -0.15) is 0 Å². The first-order chi connectivity index (χ1) is 20.6. The predicted molar refractivity (Wildman–Crippen MR) is 172 cm³/mol. The van der Waals surface area contributed by atoms with Gasteiger partial charge >= 0.3 is 14.2 Å². The summed E-state index contributed by atoms with van der Waals surface area (Å²) < 4.78 is 50.3. The van der Waals surface area contributed by atoms with E-state index in [2.05, 4.69) is 16.7 Å². The molecule has 44 heavy (non-hydrogen) atoms. The van der Waals surface area contributed by atoms with Crippen molar-refractivity contribution >= 4 is 47.4 Å². The molecule has 4 aromatic rings. The van der Waals surface area contributed by atoms with E-state index < -0.39 is 42.9 Å². The molecule has 0 N–H and O–H groups in total. The number of benzene rings is 2. The lowest BCUT2D eigenvalue weighted by Crippen LogP contribution is -2.41. The van der Waals surface area contributed by atoms with Crippen molar-refractivity contribution in [3.8, 4) is 17.0 Å². The van der Waals surface area contributed by atoms with Gasteiger partial charge in [-0.15, -0.1) is 11.3 Å². The third-order valence-electron chi connectivity index (χ3n) is 10.4. The molecule has 0 bridgehead atoms. The number of ether oxygens (including phenoxy) is 1. The summed E-state index contributed by atoms with van der Waals surface area (Å²) in [6.45, 7) is 16.2. The standard InChI is InChI=1S/C33H37B2FN2O5S/c1-30(2)31(3,4)41-34(40-30)20-11-12-23-19(13-20)14-24-27-22(36)15-21(35-42-32(5,6)33(7,8)43-35)16-25(27)39-29(38(23)24)26-17-37-28(44-26)18-9-10-18/h11-18,29H,9-10H2,1-8H3/t29-/m0/s1. The Kier molecular flexibility index (Phi) is 6.01. The molecular weight excluding hydrogens is 577 g/mol. The first-order valence-electron chi connectivity index (χ1n) is 15.5. The molecule has 1 atom stereocenters. The van der Waals surface area contributed by atoms with Crippen LogP contribution in [0.15, 0.2) is 42.6 Å². The molecular formula is C33H37B2FN2O5S. The summed E-state index contributed by atoms with van der Waals surface area (Å²) in [5, 5.41) is 2.09. The van der Waals surface area contributed by atoms with Crippen molar-refractivity contribution in [1.29, 1.82) is 0 Å². The van der Waals surface area contributed by atoms with Crippen molar-refractivity contribution in [2.24, 2.45) is 0 Å². The minimum absolute atomic E-state index is 0.385. The molecule has 3 aliphatic heterocycles. The summed E-state index contributed by atoms with van der Waals surface area (Å²) in [5.74, 6) is 0.604. The number of fused-ring (bicyclic) bond motifs is 5. The topological polar surface area (TPSA) is 64.0 Å². The second-order valence-corrected chi connectivity index (χ2v) is 15.7. The number of rotatable bonds is 4. The molecule has 7 nitrogen and oxygen atoms in total. The number of aromatic nitrogens is 2. The molecule has 228 valence electrons. The van der Waals surface area contributed by atoms with Gasteiger partial charge in [0, 0.05) is 17.5 Å². The van der Waals surface area contributed by atoms with Crippen LogP contribution in [0.2, 0.25) is 0 Å². The highest BCUT2D eigenvalue weighted by Crippen LogP contribution is 2.48. The van der Waals surface area contributed by atoms with Gasteiger partial charge in [0.15, 0.2) is 0 Å². The maximum absolute atomic E-state index is 16.3. The maximum atomic E-state index is 16.3. The van der Waals surface area contributed by atoms with Gasteiger partial charge in [0.2, 0.25) is 6.23 Å². The van der Waals surface area contributed by atoms with Crippen LogP contribution in [-0.4, -0.2) is 46.2 Å². The van der Waals surface area contributed by atoms with Crippen LogP contribution in [-0.2, 0) is 18.6 Å². The van der Waals surface area contributed by atoms with Gasteiger partial charge in [-0.25, -0.2) is 9.37 Å². The highest BCUT2D eigenvalue weighted by molar-refractivity contribution is 7.11. The molecule has 1 aliphatic carbocycles. The monoisotopic (exact) mass is 614 g/mol. The molecule has 0 spiro atoms. The first kappa shape index (κ1) is 28.8. The summed E-state index contributed by atoms with van der Waals surface area (Å²) in [7, 11) is -1.20. The van der Waals surface area contributed by atoms with Crippen LogP contribution in [0.1, 0.15) is 90.3 Å². The van der Waals surface area contributed by atoms with Crippen LogP contribution in [0.5, 0.6) is 5.75 Å². The van der Waals surface area contributed by atoms with E-state index in [1.54, 1.807) is 11.3 Å². The molecule has 0 unspecified atom stereocenters. The van der Waals surface area contributed by atoms with Gasteiger partial charge in [0.25, 0.3) is 0 Å². The average Bonchev–Trinajstić information content (AvgIpc) is 3.36. The third kappa shape index (κ3) is 4.26. The van der Waals surface area contributed by atoms with E-state index in [0.717, 1.165) is 31.9 Å². The molecule has 11 heteroatoms. The molecule has 1 saturated carbocycles. The lowest BCUT2D eigenvalue weighted by atomic mass is 9.78. The van der Waals surface area contributed by atoms with Gasteiger partial charge in [0.05, 0.1) is 49.1 Å². The number of hydrogen-bond donors (Lipinski definition) is 0. The quantitative estimate of drug-likeness (QED) is 0.251. The Bertz CT molecular complexity index is 1800. The van der Waals surface area contributed by atoms with E-state index >= 15 is 4.39 Å². The van der Waals surface area contributed by atoms with Crippen LogP contribution in [0.3, 0.4) is 0 Å².